The lowest BCUT2D eigenvalue weighted by atomic mass is 10.2. The largest absolute Gasteiger partial charge is 0.492 e. The average molecular weight is 342 g/mol. The summed E-state index contributed by atoms with van der Waals surface area (Å²) in [6.45, 7) is 3.28. The van der Waals surface area contributed by atoms with Crippen LogP contribution < -0.4 is 10.1 Å². The van der Waals surface area contributed by atoms with Gasteiger partial charge in [0.25, 0.3) is 0 Å². The van der Waals surface area contributed by atoms with Crippen molar-refractivity contribution < 1.29 is 4.74 Å². The lowest BCUT2D eigenvalue weighted by Gasteiger charge is -2.09. The first-order chi connectivity index (χ1) is 9.15. The minimum absolute atomic E-state index is 0.570. The molecule has 1 aromatic heterocycles. The van der Waals surface area contributed by atoms with Gasteiger partial charge in [0.1, 0.15) is 18.2 Å². The van der Waals surface area contributed by atoms with Crippen LogP contribution >= 0.6 is 27.5 Å². The van der Waals surface area contributed by atoms with Gasteiger partial charge < -0.3 is 10.1 Å². The third-order valence-corrected chi connectivity index (χ3v) is 3.27. The number of anilines is 1. The molecule has 0 aliphatic rings. The van der Waals surface area contributed by atoms with E-state index < -0.39 is 0 Å². The molecule has 19 heavy (non-hydrogen) atoms. The molecule has 5 heteroatoms. The highest BCUT2D eigenvalue weighted by Gasteiger charge is 2.01. The van der Waals surface area contributed by atoms with Gasteiger partial charge in [-0.15, -0.1) is 0 Å². The minimum Gasteiger partial charge on any atom is -0.492 e. The highest BCUT2D eigenvalue weighted by Crippen LogP contribution is 2.22. The molecule has 0 radical (unpaired) electrons. The van der Waals surface area contributed by atoms with Crippen molar-refractivity contribution in [2.75, 3.05) is 18.5 Å². The number of ether oxygens (including phenoxy) is 1. The Bertz CT molecular complexity index is 563. The van der Waals surface area contributed by atoms with E-state index >= 15 is 0 Å². The molecule has 0 unspecified atom stereocenters. The third-order valence-electron chi connectivity index (χ3n) is 2.46. The summed E-state index contributed by atoms with van der Waals surface area (Å²) >= 11 is 9.23. The Morgan fingerprint density at radius 1 is 1.37 bits per heavy atom. The van der Waals surface area contributed by atoms with Crippen LogP contribution in [0.4, 0.5) is 5.82 Å². The molecular formula is C14H14BrClN2O. The van der Waals surface area contributed by atoms with Crippen molar-refractivity contribution in [1.29, 1.82) is 0 Å². The van der Waals surface area contributed by atoms with Gasteiger partial charge in [0.15, 0.2) is 0 Å². The summed E-state index contributed by atoms with van der Waals surface area (Å²) in [5.74, 6) is 1.64. The van der Waals surface area contributed by atoms with Crippen LogP contribution in [0.5, 0.6) is 5.75 Å². The van der Waals surface area contributed by atoms with Crippen molar-refractivity contribution in [3.05, 3.63) is 51.6 Å². The van der Waals surface area contributed by atoms with Crippen LogP contribution in [-0.4, -0.2) is 18.1 Å². The zero-order valence-electron chi connectivity index (χ0n) is 10.5. The molecule has 3 nitrogen and oxygen atoms in total. The van der Waals surface area contributed by atoms with Crippen molar-refractivity contribution in [1.82, 2.24) is 4.98 Å². The van der Waals surface area contributed by atoms with Gasteiger partial charge in [-0.05, 0) is 46.6 Å². The van der Waals surface area contributed by atoms with Crippen molar-refractivity contribution >= 4 is 33.3 Å². The fourth-order valence-corrected chi connectivity index (χ4v) is 2.37. The number of benzene rings is 1. The van der Waals surface area contributed by atoms with E-state index in [0.717, 1.165) is 16.0 Å². The number of rotatable bonds is 5. The standard InChI is InChI=1S/C14H14BrClN2O/c1-10-3-2-4-12(7-10)19-6-5-17-14-13(15)8-11(16)9-18-14/h2-4,7-9H,5-6H2,1H3,(H,17,18). The summed E-state index contributed by atoms with van der Waals surface area (Å²) in [5, 5.41) is 3.79. The summed E-state index contributed by atoms with van der Waals surface area (Å²) in [5.41, 5.74) is 1.19. The second-order valence-electron chi connectivity index (χ2n) is 4.08. The monoisotopic (exact) mass is 340 g/mol. The predicted molar refractivity (Wildman–Crippen MR) is 82.1 cm³/mol. The topological polar surface area (TPSA) is 34.1 Å². The maximum absolute atomic E-state index is 5.83. The number of hydrogen-bond donors (Lipinski definition) is 1. The first-order valence-corrected chi connectivity index (χ1v) is 7.06. The van der Waals surface area contributed by atoms with Gasteiger partial charge in [-0.3, -0.25) is 0 Å². The summed E-state index contributed by atoms with van der Waals surface area (Å²) in [4.78, 5) is 4.19. The number of halogens is 2. The highest BCUT2D eigenvalue weighted by atomic mass is 79.9. The van der Waals surface area contributed by atoms with Gasteiger partial charge in [0.05, 0.1) is 16.0 Å². The number of nitrogens with one attached hydrogen (secondary N) is 1. The summed E-state index contributed by atoms with van der Waals surface area (Å²) in [6.07, 6.45) is 1.61. The molecule has 0 aliphatic heterocycles. The van der Waals surface area contributed by atoms with E-state index in [1.165, 1.54) is 5.56 Å². The summed E-state index contributed by atoms with van der Waals surface area (Å²) < 4.78 is 6.48. The molecule has 0 amide bonds. The van der Waals surface area contributed by atoms with Crippen molar-refractivity contribution in [3.8, 4) is 5.75 Å². The maximum atomic E-state index is 5.83. The first-order valence-electron chi connectivity index (χ1n) is 5.89. The zero-order valence-corrected chi connectivity index (χ0v) is 12.8. The molecule has 1 N–H and O–H groups in total. The average Bonchev–Trinajstić information content (AvgIpc) is 2.37. The Morgan fingerprint density at radius 2 is 2.21 bits per heavy atom. The number of nitrogens with zero attached hydrogens (tertiary/aromatic N) is 1. The molecule has 1 aromatic carbocycles. The SMILES string of the molecule is Cc1cccc(OCCNc2ncc(Cl)cc2Br)c1. The summed E-state index contributed by atoms with van der Waals surface area (Å²) in [6, 6.07) is 9.79. The number of aryl methyl sites for hydroxylation is 1. The van der Waals surface area contributed by atoms with Crippen molar-refractivity contribution in [3.63, 3.8) is 0 Å². The van der Waals surface area contributed by atoms with Crippen LogP contribution in [-0.2, 0) is 0 Å². The molecule has 0 fully saturated rings. The first kappa shape index (κ1) is 14.2. The fraction of sp³-hybridized carbons (Fsp3) is 0.214. The van der Waals surface area contributed by atoms with Gasteiger partial charge in [-0.25, -0.2) is 4.98 Å². The van der Waals surface area contributed by atoms with E-state index in [1.54, 1.807) is 12.3 Å². The Balaban J connectivity index is 1.81. The number of pyridine rings is 1. The van der Waals surface area contributed by atoms with Crippen LogP contribution in [0.25, 0.3) is 0 Å². The lowest BCUT2D eigenvalue weighted by molar-refractivity contribution is 0.332. The Labute approximate surface area is 126 Å². The predicted octanol–water partition coefficient (Wildman–Crippen LogP) is 4.30. The summed E-state index contributed by atoms with van der Waals surface area (Å²) in [7, 11) is 0. The molecule has 0 saturated heterocycles. The molecule has 1 heterocycles. The van der Waals surface area contributed by atoms with Crippen molar-refractivity contribution in [2.45, 2.75) is 6.92 Å². The van der Waals surface area contributed by atoms with Crippen LogP contribution in [0.15, 0.2) is 41.0 Å². The van der Waals surface area contributed by atoms with Crippen LogP contribution in [0.2, 0.25) is 5.02 Å². The Hall–Kier alpha value is -1.26. The Kier molecular flexibility index (Phi) is 5.05. The van der Waals surface area contributed by atoms with Gasteiger partial charge in [-0.1, -0.05) is 23.7 Å². The van der Waals surface area contributed by atoms with E-state index in [2.05, 4.69) is 26.2 Å². The lowest BCUT2D eigenvalue weighted by Crippen LogP contribution is -2.12. The number of aromatic nitrogens is 1. The van der Waals surface area contributed by atoms with Crippen LogP contribution in [0.1, 0.15) is 5.56 Å². The van der Waals surface area contributed by atoms with Crippen molar-refractivity contribution in [2.24, 2.45) is 0 Å². The molecule has 0 atom stereocenters. The van der Waals surface area contributed by atoms with Gasteiger partial charge in [0.2, 0.25) is 0 Å². The molecule has 100 valence electrons. The number of hydrogen-bond acceptors (Lipinski definition) is 3. The third kappa shape index (κ3) is 4.40. The smallest absolute Gasteiger partial charge is 0.140 e. The zero-order chi connectivity index (χ0) is 13.7. The normalized spacial score (nSPS) is 10.3. The molecule has 2 aromatic rings. The van der Waals surface area contributed by atoms with E-state index in [-0.39, 0.29) is 0 Å². The van der Waals surface area contributed by atoms with Crippen LogP contribution in [0.3, 0.4) is 0 Å². The second-order valence-corrected chi connectivity index (χ2v) is 5.37. The van der Waals surface area contributed by atoms with Crippen LogP contribution in [0, 0.1) is 6.92 Å². The minimum atomic E-state index is 0.570. The molecule has 0 bridgehead atoms. The van der Waals surface area contributed by atoms with E-state index in [1.807, 2.05) is 31.2 Å². The molecule has 2 rings (SSSR count). The van der Waals surface area contributed by atoms with E-state index in [0.29, 0.717) is 18.2 Å². The van der Waals surface area contributed by atoms with Gasteiger partial charge in [-0.2, -0.15) is 0 Å². The molecule has 0 saturated carbocycles. The second kappa shape index (κ2) is 6.78. The molecular weight excluding hydrogens is 328 g/mol. The van der Waals surface area contributed by atoms with Gasteiger partial charge in [0, 0.05) is 6.20 Å². The maximum Gasteiger partial charge on any atom is 0.140 e. The highest BCUT2D eigenvalue weighted by molar-refractivity contribution is 9.10. The van der Waals surface area contributed by atoms with E-state index in [9.17, 15) is 0 Å². The molecule has 0 spiro atoms. The van der Waals surface area contributed by atoms with E-state index in [4.69, 9.17) is 16.3 Å². The molecule has 0 aliphatic carbocycles. The Morgan fingerprint density at radius 3 is 2.95 bits per heavy atom. The van der Waals surface area contributed by atoms with Gasteiger partial charge >= 0.3 is 0 Å². The fourth-order valence-electron chi connectivity index (χ4n) is 1.59. The quantitative estimate of drug-likeness (QED) is 0.824.